The molecule has 2 aromatic carbocycles. The molecule has 0 amide bonds. The summed E-state index contributed by atoms with van der Waals surface area (Å²) in [5.41, 5.74) is 4.19. The standard InChI is InChI=1S/C19H17NO3/c1-12(21)19-15-8-7-14(11-18(22)23)10-16(15)20-17(19)9-13-5-3-2-4-6-13/h2-8,10,20H,9,11H2,1H3,(H,22,23). The molecule has 0 unspecified atom stereocenters. The summed E-state index contributed by atoms with van der Waals surface area (Å²) >= 11 is 0. The van der Waals surface area contributed by atoms with Crippen LogP contribution in [0.2, 0.25) is 0 Å². The number of rotatable bonds is 5. The van der Waals surface area contributed by atoms with Crippen LogP contribution in [0.15, 0.2) is 48.5 Å². The molecule has 1 aromatic heterocycles. The van der Waals surface area contributed by atoms with E-state index in [4.69, 9.17) is 5.11 Å². The van der Waals surface area contributed by atoms with Crippen molar-refractivity contribution >= 4 is 22.7 Å². The summed E-state index contributed by atoms with van der Waals surface area (Å²) < 4.78 is 0. The van der Waals surface area contributed by atoms with Crippen LogP contribution >= 0.6 is 0 Å². The van der Waals surface area contributed by atoms with Gasteiger partial charge in [0.05, 0.1) is 6.42 Å². The summed E-state index contributed by atoms with van der Waals surface area (Å²) in [6, 6.07) is 15.3. The number of aromatic nitrogens is 1. The number of carbonyl (C=O) groups excluding carboxylic acids is 1. The molecule has 23 heavy (non-hydrogen) atoms. The Labute approximate surface area is 133 Å². The van der Waals surface area contributed by atoms with E-state index in [2.05, 4.69) is 4.98 Å². The molecule has 4 nitrogen and oxygen atoms in total. The number of benzene rings is 2. The van der Waals surface area contributed by atoms with Crippen molar-refractivity contribution in [2.24, 2.45) is 0 Å². The fourth-order valence-electron chi connectivity index (χ4n) is 2.92. The second-order valence-electron chi connectivity index (χ2n) is 5.65. The summed E-state index contributed by atoms with van der Waals surface area (Å²) in [6.07, 6.45) is 0.608. The Morgan fingerprint density at radius 3 is 2.43 bits per heavy atom. The fraction of sp³-hybridized carbons (Fsp3) is 0.158. The van der Waals surface area contributed by atoms with Crippen LogP contribution in [0.5, 0.6) is 0 Å². The van der Waals surface area contributed by atoms with Gasteiger partial charge in [0.2, 0.25) is 0 Å². The molecule has 0 aliphatic heterocycles. The number of aromatic amines is 1. The molecule has 0 spiro atoms. The van der Waals surface area contributed by atoms with Crippen LogP contribution in [0, 0.1) is 0 Å². The topological polar surface area (TPSA) is 70.2 Å². The summed E-state index contributed by atoms with van der Waals surface area (Å²) in [7, 11) is 0. The average Bonchev–Trinajstić information content (AvgIpc) is 2.84. The molecule has 3 aromatic rings. The summed E-state index contributed by atoms with van der Waals surface area (Å²) in [5.74, 6) is -0.861. The van der Waals surface area contributed by atoms with Crippen molar-refractivity contribution in [2.45, 2.75) is 19.8 Å². The minimum Gasteiger partial charge on any atom is -0.481 e. The maximum Gasteiger partial charge on any atom is 0.307 e. The van der Waals surface area contributed by atoms with E-state index < -0.39 is 5.97 Å². The minimum atomic E-state index is -0.868. The highest BCUT2D eigenvalue weighted by Gasteiger charge is 2.16. The average molecular weight is 307 g/mol. The first-order chi connectivity index (χ1) is 11.0. The van der Waals surface area contributed by atoms with Gasteiger partial charge in [-0.25, -0.2) is 0 Å². The van der Waals surface area contributed by atoms with Gasteiger partial charge in [0.1, 0.15) is 0 Å². The van der Waals surface area contributed by atoms with Crippen molar-refractivity contribution in [1.29, 1.82) is 0 Å². The Balaban J connectivity index is 2.07. The lowest BCUT2D eigenvalue weighted by molar-refractivity contribution is -0.136. The summed E-state index contributed by atoms with van der Waals surface area (Å²) in [6.45, 7) is 1.56. The molecule has 0 aliphatic carbocycles. The smallest absolute Gasteiger partial charge is 0.307 e. The van der Waals surface area contributed by atoms with E-state index in [1.807, 2.05) is 42.5 Å². The summed E-state index contributed by atoms with van der Waals surface area (Å²) in [4.78, 5) is 26.2. The first kappa shape index (κ1) is 15.0. The van der Waals surface area contributed by atoms with Crippen molar-refractivity contribution in [3.8, 4) is 0 Å². The number of aliphatic carboxylic acids is 1. The zero-order chi connectivity index (χ0) is 16.4. The van der Waals surface area contributed by atoms with Crippen molar-refractivity contribution in [3.05, 3.63) is 70.9 Å². The quantitative estimate of drug-likeness (QED) is 0.708. The third kappa shape index (κ3) is 3.16. The van der Waals surface area contributed by atoms with E-state index in [1.54, 1.807) is 13.0 Å². The first-order valence-corrected chi connectivity index (χ1v) is 7.44. The fourth-order valence-corrected chi connectivity index (χ4v) is 2.92. The Hall–Kier alpha value is -2.88. The van der Waals surface area contributed by atoms with Gasteiger partial charge in [0, 0.05) is 28.6 Å². The van der Waals surface area contributed by atoms with Gasteiger partial charge in [-0.2, -0.15) is 0 Å². The number of carboxylic acids is 1. The largest absolute Gasteiger partial charge is 0.481 e. The number of Topliss-reactive ketones (excluding diaryl/α,β-unsaturated/α-hetero) is 1. The molecule has 4 heteroatoms. The molecule has 0 bridgehead atoms. The lowest BCUT2D eigenvalue weighted by atomic mass is 10.0. The van der Waals surface area contributed by atoms with Crippen LogP contribution < -0.4 is 0 Å². The van der Waals surface area contributed by atoms with E-state index in [-0.39, 0.29) is 12.2 Å². The number of H-pyrrole nitrogens is 1. The highest BCUT2D eigenvalue weighted by Crippen LogP contribution is 2.26. The lowest BCUT2D eigenvalue weighted by Crippen LogP contribution is -1.99. The molecule has 2 N–H and O–H groups in total. The molecule has 0 radical (unpaired) electrons. The molecule has 0 saturated carbocycles. The van der Waals surface area contributed by atoms with Gasteiger partial charge < -0.3 is 10.1 Å². The molecule has 0 fully saturated rings. The van der Waals surface area contributed by atoms with Crippen LogP contribution in [0.3, 0.4) is 0 Å². The number of ketones is 1. The van der Waals surface area contributed by atoms with Crippen LogP contribution in [0.1, 0.15) is 34.1 Å². The highest BCUT2D eigenvalue weighted by atomic mass is 16.4. The van der Waals surface area contributed by atoms with Crippen molar-refractivity contribution in [2.75, 3.05) is 0 Å². The lowest BCUT2D eigenvalue weighted by Gasteiger charge is -2.02. The predicted molar refractivity (Wildman–Crippen MR) is 88.9 cm³/mol. The van der Waals surface area contributed by atoms with E-state index >= 15 is 0 Å². The second kappa shape index (κ2) is 6.08. The summed E-state index contributed by atoms with van der Waals surface area (Å²) in [5, 5.41) is 9.76. The van der Waals surface area contributed by atoms with Crippen LogP contribution in [-0.2, 0) is 17.6 Å². The Morgan fingerprint density at radius 2 is 1.78 bits per heavy atom. The molecule has 0 saturated heterocycles. The van der Waals surface area contributed by atoms with E-state index in [0.29, 0.717) is 17.5 Å². The van der Waals surface area contributed by atoms with Gasteiger partial charge in [-0.05, 0) is 24.1 Å². The van der Waals surface area contributed by atoms with E-state index in [0.717, 1.165) is 22.2 Å². The first-order valence-electron chi connectivity index (χ1n) is 7.44. The number of hydrogen-bond donors (Lipinski definition) is 2. The van der Waals surface area contributed by atoms with Gasteiger partial charge in [-0.15, -0.1) is 0 Å². The zero-order valence-corrected chi connectivity index (χ0v) is 12.8. The van der Waals surface area contributed by atoms with Gasteiger partial charge in [-0.3, -0.25) is 9.59 Å². The van der Waals surface area contributed by atoms with Gasteiger partial charge >= 0.3 is 5.97 Å². The monoisotopic (exact) mass is 307 g/mol. The van der Waals surface area contributed by atoms with Crippen molar-refractivity contribution < 1.29 is 14.7 Å². The molecular formula is C19H17NO3. The molecular weight excluding hydrogens is 290 g/mol. The van der Waals surface area contributed by atoms with E-state index in [9.17, 15) is 9.59 Å². The number of nitrogens with one attached hydrogen (secondary N) is 1. The van der Waals surface area contributed by atoms with Crippen molar-refractivity contribution in [1.82, 2.24) is 4.98 Å². The van der Waals surface area contributed by atoms with Gasteiger partial charge in [-0.1, -0.05) is 42.5 Å². The van der Waals surface area contributed by atoms with Crippen LogP contribution in [-0.4, -0.2) is 21.8 Å². The minimum absolute atomic E-state index is 0.00756. The number of carboxylic acid groups (broad SMARTS) is 1. The second-order valence-corrected chi connectivity index (χ2v) is 5.65. The third-order valence-corrected chi connectivity index (χ3v) is 3.87. The SMILES string of the molecule is CC(=O)c1c(Cc2ccccc2)[nH]c2cc(CC(=O)O)ccc12. The third-order valence-electron chi connectivity index (χ3n) is 3.87. The molecule has 3 rings (SSSR count). The Morgan fingerprint density at radius 1 is 1.04 bits per heavy atom. The van der Waals surface area contributed by atoms with E-state index in [1.165, 1.54) is 0 Å². The normalized spacial score (nSPS) is 10.8. The molecule has 1 heterocycles. The van der Waals surface area contributed by atoms with Crippen LogP contribution in [0.25, 0.3) is 10.9 Å². The highest BCUT2D eigenvalue weighted by molar-refractivity contribution is 6.08. The van der Waals surface area contributed by atoms with Gasteiger partial charge in [0.15, 0.2) is 5.78 Å². The Kier molecular flexibility index (Phi) is 3.98. The predicted octanol–water partition coefficient (Wildman–Crippen LogP) is 3.59. The zero-order valence-electron chi connectivity index (χ0n) is 12.8. The number of hydrogen-bond acceptors (Lipinski definition) is 2. The van der Waals surface area contributed by atoms with Crippen LogP contribution in [0.4, 0.5) is 0 Å². The maximum atomic E-state index is 12.1. The number of carbonyl (C=O) groups is 2. The maximum absolute atomic E-state index is 12.1. The molecule has 116 valence electrons. The van der Waals surface area contributed by atoms with Crippen molar-refractivity contribution in [3.63, 3.8) is 0 Å². The van der Waals surface area contributed by atoms with Gasteiger partial charge in [0.25, 0.3) is 0 Å². The number of fused-ring (bicyclic) bond motifs is 1. The molecule has 0 aliphatic rings. The molecule has 0 atom stereocenters. The Bertz CT molecular complexity index is 878.